The number of rotatable bonds is 9. The van der Waals surface area contributed by atoms with Gasteiger partial charge in [0.25, 0.3) is 0 Å². The van der Waals surface area contributed by atoms with Crippen LogP contribution in [0.1, 0.15) is 43.5 Å². The summed E-state index contributed by atoms with van der Waals surface area (Å²) in [7, 11) is 0. The van der Waals surface area contributed by atoms with Gasteiger partial charge in [-0.25, -0.2) is 9.97 Å². The van der Waals surface area contributed by atoms with Gasteiger partial charge in [0.15, 0.2) is 0 Å². The number of benzene rings is 2. The van der Waals surface area contributed by atoms with Crippen molar-refractivity contribution in [3.8, 4) is 11.1 Å². The molecule has 1 aliphatic rings. The van der Waals surface area contributed by atoms with Gasteiger partial charge in [-0.3, -0.25) is 9.59 Å². The molecule has 1 aliphatic heterocycles. The molecule has 9 nitrogen and oxygen atoms in total. The summed E-state index contributed by atoms with van der Waals surface area (Å²) in [5.74, 6) is 1.45. The number of hydrogen-bond acceptors (Lipinski definition) is 6. The fourth-order valence-electron chi connectivity index (χ4n) is 5.57. The van der Waals surface area contributed by atoms with Crippen molar-refractivity contribution in [1.82, 2.24) is 24.8 Å². The number of piperidine rings is 1. The number of nitrogen functional groups attached to an aromatic ring is 1. The van der Waals surface area contributed by atoms with Crippen molar-refractivity contribution in [2.45, 2.75) is 51.1 Å². The highest BCUT2D eigenvalue weighted by Gasteiger charge is 2.29. The number of carbonyl (C=O) groups is 2. The zero-order valence-corrected chi connectivity index (χ0v) is 24.0. The summed E-state index contributed by atoms with van der Waals surface area (Å²) < 4.78 is 2.13. The number of likely N-dealkylation sites (tertiary alicyclic amines) is 1. The van der Waals surface area contributed by atoms with Crippen molar-refractivity contribution < 1.29 is 9.59 Å². The maximum Gasteiger partial charge on any atom is 0.224 e. The van der Waals surface area contributed by atoms with Gasteiger partial charge < -0.3 is 26.3 Å². The van der Waals surface area contributed by atoms with Crippen LogP contribution >= 0.6 is 11.6 Å². The van der Waals surface area contributed by atoms with E-state index in [-0.39, 0.29) is 30.2 Å². The lowest BCUT2D eigenvalue weighted by Crippen LogP contribution is -2.42. The van der Waals surface area contributed by atoms with E-state index < -0.39 is 0 Å². The van der Waals surface area contributed by atoms with Gasteiger partial charge in [0.2, 0.25) is 11.8 Å². The maximum absolute atomic E-state index is 13.3. The zero-order chi connectivity index (χ0) is 28.9. The Hall–Kier alpha value is -3.95. The zero-order valence-electron chi connectivity index (χ0n) is 23.2. The Kier molecular flexibility index (Phi) is 8.85. The molecular weight excluding hydrogens is 538 g/mol. The molecule has 0 bridgehead atoms. The van der Waals surface area contributed by atoms with E-state index in [1.807, 2.05) is 53.4 Å². The van der Waals surface area contributed by atoms with Crippen molar-refractivity contribution in [3.05, 3.63) is 77.2 Å². The molecule has 5 rings (SSSR count). The second-order valence-corrected chi connectivity index (χ2v) is 11.1. The lowest BCUT2D eigenvalue weighted by molar-refractivity contribution is -0.132. The topological polar surface area (TPSA) is 132 Å². The van der Waals surface area contributed by atoms with Crippen molar-refractivity contribution in [1.29, 1.82) is 0 Å². The molecular formula is C31H36ClN7O2. The molecule has 0 saturated carbocycles. The highest BCUT2D eigenvalue weighted by molar-refractivity contribution is 6.34. The van der Waals surface area contributed by atoms with E-state index in [4.69, 9.17) is 28.1 Å². The quantitative estimate of drug-likeness (QED) is 0.276. The van der Waals surface area contributed by atoms with E-state index >= 15 is 0 Å². The summed E-state index contributed by atoms with van der Waals surface area (Å²) in [5, 5.41) is 3.46. The van der Waals surface area contributed by atoms with Crippen LogP contribution in [0.2, 0.25) is 5.02 Å². The van der Waals surface area contributed by atoms with Gasteiger partial charge in [0, 0.05) is 63.2 Å². The van der Waals surface area contributed by atoms with Gasteiger partial charge in [-0.15, -0.1) is 0 Å². The molecule has 2 amide bonds. The highest BCUT2D eigenvalue weighted by Crippen LogP contribution is 2.32. The predicted molar refractivity (Wildman–Crippen MR) is 162 cm³/mol. The van der Waals surface area contributed by atoms with E-state index in [0.717, 1.165) is 46.4 Å². The van der Waals surface area contributed by atoms with Crippen LogP contribution in [0.5, 0.6) is 0 Å². The lowest BCUT2D eigenvalue weighted by Gasteiger charge is -2.33. The number of carbonyl (C=O) groups excluding carboxylic acids is 2. The summed E-state index contributed by atoms with van der Waals surface area (Å²) in [6.45, 7) is 3.86. The Morgan fingerprint density at radius 2 is 1.90 bits per heavy atom. The molecule has 0 aliphatic carbocycles. The largest absolute Gasteiger partial charge is 0.384 e. The normalized spacial score (nSPS) is 16.1. The average molecular weight is 574 g/mol. The molecule has 2 aromatic heterocycles. The third-order valence-electron chi connectivity index (χ3n) is 7.62. The molecule has 41 heavy (non-hydrogen) atoms. The molecule has 10 heteroatoms. The smallest absolute Gasteiger partial charge is 0.224 e. The summed E-state index contributed by atoms with van der Waals surface area (Å²) in [6, 6.07) is 17.3. The number of anilines is 1. The molecule has 3 heterocycles. The first kappa shape index (κ1) is 28.6. The molecule has 5 N–H and O–H groups in total. The van der Waals surface area contributed by atoms with E-state index in [2.05, 4.69) is 14.9 Å². The molecule has 2 aromatic carbocycles. The second-order valence-electron chi connectivity index (χ2n) is 10.7. The van der Waals surface area contributed by atoms with Gasteiger partial charge in [-0.05, 0) is 54.7 Å². The lowest BCUT2D eigenvalue weighted by atomic mass is 9.95. The molecule has 0 radical (unpaired) electrons. The number of amides is 2. The van der Waals surface area contributed by atoms with Crippen LogP contribution in [0.25, 0.3) is 22.2 Å². The number of fused-ring (bicyclic) bond motifs is 1. The minimum atomic E-state index is -0.284. The average Bonchev–Trinajstić information content (AvgIpc) is 3.33. The highest BCUT2D eigenvalue weighted by atomic mass is 35.5. The molecule has 2 unspecified atom stereocenters. The van der Waals surface area contributed by atoms with Gasteiger partial charge in [0.1, 0.15) is 17.2 Å². The first-order valence-corrected chi connectivity index (χ1v) is 14.4. The van der Waals surface area contributed by atoms with Crippen molar-refractivity contribution in [3.63, 3.8) is 0 Å². The number of para-hydroxylation sites is 1. The van der Waals surface area contributed by atoms with Crippen molar-refractivity contribution in [2.75, 3.05) is 25.4 Å². The minimum absolute atomic E-state index is 0.0608. The molecule has 4 aromatic rings. The second kappa shape index (κ2) is 12.7. The SMILES string of the molecule is CC(=O)NCCn1c(C2CCCN(C(=O)CC(N)Cc3ccc(-c4ccc(N)nc4)cc3)C2)nc2c(Cl)cccc21. The number of imidazole rings is 1. The van der Waals surface area contributed by atoms with Crippen LogP contribution in [0.15, 0.2) is 60.8 Å². The number of pyridine rings is 1. The van der Waals surface area contributed by atoms with Gasteiger partial charge >= 0.3 is 0 Å². The Balaban J connectivity index is 1.23. The Labute approximate surface area is 244 Å². The van der Waals surface area contributed by atoms with Crippen LogP contribution in [0.4, 0.5) is 5.82 Å². The summed E-state index contributed by atoms with van der Waals surface area (Å²) in [5.41, 5.74) is 17.0. The number of hydrogen-bond donors (Lipinski definition) is 3. The maximum atomic E-state index is 13.3. The number of nitrogens with one attached hydrogen (secondary N) is 1. The number of nitrogens with zero attached hydrogens (tertiary/aromatic N) is 4. The summed E-state index contributed by atoms with van der Waals surface area (Å²) in [6.07, 6.45) is 4.46. The van der Waals surface area contributed by atoms with E-state index in [1.165, 1.54) is 6.92 Å². The third kappa shape index (κ3) is 6.86. The monoisotopic (exact) mass is 573 g/mol. The molecule has 214 valence electrons. The van der Waals surface area contributed by atoms with Crippen LogP contribution in [-0.4, -0.2) is 56.9 Å². The third-order valence-corrected chi connectivity index (χ3v) is 7.92. The fraction of sp³-hybridized carbons (Fsp3) is 0.355. The summed E-state index contributed by atoms with van der Waals surface area (Å²) >= 11 is 6.48. The van der Waals surface area contributed by atoms with Gasteiger partial charge in [-0.2, -0.15) is 0 Å². The van der Waals surface area contributed by atoms with E-state index in [9.17, 15) is 9.59 Å². The number of aromatic nitrogens is 3. The van der Waals surface area contributed by atoms with Crippen LogP contribution < -0.4 is 16.8 Å². The van der Waals surface area contributed by atoms with Crippen LogP contribution in [0.3, 0.4) is 0 Å². The molecule has 1 fully saturated rings. The molecule has 0 spiro atoms. The first-order valence-electron chi connectivity index (χ1n) is 14.0. The predicted octanol–water partition coefficient (Wildman–Crippen LogP) is 4.14. The van der Waals surface area contributed by atoms with Crippen LogP contribution in [0, 0.1) is 0 Å². The van der Waals surface area contributed by atoms with Crippen molar-refractivity contribution >= 4 is 40.3 Å². The van der Waals surface area contributed by atoms with Crippen LogP contribution in [-0.2, 0) is 22.6 Å². The summed E-state index contributed by atoms with van der Waals surface area (Å²) in [4.78, 5) is 35.8. The standard InChI is InChI=1S/C31H36ClN7O2/c1-20(40)35-13-15-39-27-6-2-5-26(32)30(27)37-31(39)24-4-3-14-38(19-24)29(41)17-25(33)16-21-7-9-22(10-8-21)23-11-12-28(34)36-18-23/h2,5-12,18,24-25H,3-4,13-17,19,33H2,1H3,(H2,34,36)(H,35,40). The van der Waals surface area contributed by atoms with Gasteiger partial charge in [0.05, 0.1) is 10.5 Å². The Bertz CT molecular complexity index is 1520. The first-order chi connectivity index (χ1) is 19.8. The fourth-order valence-corrected chi connectivity index (χ4v) is 5.79. The molecule has 1 saturated heterocycles. The number of nitrogens with two attached hydrogens (primary N) is 2. The Morgan fingerprint density at radius 3 is 2.63 bits per heavy atom. The van der Waals surface area contributed by atoms with Crippen molar-refractivity contribution in [2.24, 2.45) is 5.73 Å². The van der Waals surface area contributed by atoms with Gasteiger partial charge in [-0.1, -0.05) is 41.9 Å². The molecule has 2 atom stereocenters. The number of halogens is 1. The Morgan fingerprint density at radius 1 is 1.12 bits per heavy atom. The van der Waals surface area contributed by atoms with E-state index in [1.54, 1.807) is 12.3 Å². The minimum Gasteiger partial charge on any atom is -0.384 e. The van der Waals surface area contributed by atoms with E-state index in [0.29, 0.717) is 43.4 Å².